The van der Waals surface area contributed by atoms with Gasteiger partial charge in [-0.05, 0) is 13.8 Å². The molecule has 0 radical (unpaired) electrons. The van der Waals surface area contributed by atoms with Crippen LogP contribution in [0.4, 0.5) is 5.69 Å². The Morgan fingerprint density at radius 1 is 1.59 bits per heavy atom. The van der Waals surface area contributed by atoms with E-state index < -0.39 is 4.92 Å². The molecule has 0 saturated carbocycles. The third-order valence-electron chi connectivity index (χ3n) is 2.18. The molecule has 17 heavy (non-hydrogen) atoms. The highest BCUT2D eigenvalue weighted by atomic mass is 32.1. The second-order valence-electron chi connectivity index (χ2n) is 3.54. The molecule has 0 aliphatic rings. The van der Waals surface area contributed by atoms with Crippen LogP contribution in [0.1, 0.15) is 22.3 Å². The fourth-order valence-corrected chi connectivity index (χ4v) is 2.36. The monoisotopic (exact) mass is 251 g/mol. The highest BCUT2D eigenvalue weighted by Crippen LogP contribution is 2.32. The number of aromatic nitrogens is 2. The summed E-state index contributed by atoms with van der Waals surface area (Å²) >= 11 is 1.09. The number of rotatable bonds is 3. The fourth-order valence-electron chi connectivity index (χ4n) is 1.39. The standard InChI is InChI=1S/C10H9N3O3S/c1-6-4-12(5-11-6)10-8(13(15)16)3-9(17-10)7(2)14/h3-5H,1-2H3. The summed E-state index contributed by atoms with van der Waals surface area (Å²) in [5.74, 6) is -0.179. The first kappa shape index (κ1) is 11.5. The van der Waals surface area contributed by atoms with Crippen molar-refractivity contribution in [2.75, 3.05) is 0 Å². The molecule has 0 atom stereocenters. The molecule has 0 spiro atoms. The second kappa shape index (κ2) is 4.10. The predicted molar refractivity (Wildman–Crippen MR) is 62.8 cm³/mol. The van der Waals surface area contributed by atoms with Gasteiger partial charge >= 0.3 is 5.69 Å². The maximum absolute atomic E-state index is 11.2. The van der Waals surface area contributed by atoms with Gasteiger partial charge in [0.2, 0.25) is 0 Å². The van der Waals surface area contributed by atoms with E-state index >= 15 is 0 Å². The van der Waals surface area contributed by atoms with Crippen molar-refractivity contribution in [3.05, 3.63) is 39.3 Å². The lowest BCUT2D eigenvalue weighted by Gasteiger charge is -1.95. The molecule has 0 aliphatic heterocycles. The summed E-state index contributed by atoms with van der Waals surface area (Å²) in [6, 6.07) is 1.30. The largest absolute Gasteiger partial charge is 0.305 e. The van der Waals surface area contributed by atoms with Gasteiger partial charge in [0, 0.05) is 12.3 Å². The Kier molecular flexibility index (Phi) is 2.76. The van der Waals surface area contributed by atoms with E-state index in [0.29, 0.717) is 9.88 Å². The fraction of sp³-hybridized carbons (Fsp3) is 0.200. The number of carbonyl (C=O) groups is 1. The van der Waals surface area contributed by atoms with Crippen molar-refractivity contribution < 1.29 is 9.72 Å². The Hall–Kier alpha value is -2.02. The van der Waals surface area contributed by atoms with Gasteiger partial charge in [-0.15, -0.1) is 11.3 Å². The number of thiophene rings is 1. The first-order valence-electron chi connectivity index (χ1n) is 4.79. The molecule has 0 N–H and O–H groups in total. The first-order valence-corrected chi connectivity index (χ1v) is 5.61. The van der Waals surface area contributed by atoms with Crippen molar-refractivity contribution in [3.8, 4) is 5.00 Å². The van der Waals surface area contributed by atoms with Crippen LogP contribution in [-0.2, 0) is 0 Å². The zero-order valence-electron chi connectivity index (χ0n) is 9.21. The Morgan fingerprint density at radius 2 is 2.29 bits per heavy atom. The molecule has 0 aliphatic carbocycles. The Balaban J connectivity index is 2.59. The van der Waals surface area contributed by atoms with Crippen LogP contribution in [0.2, 0.25) is 0 Å². The Morgan fingerprint density at radius 3 is 2.76 bits per heavy atom. The molecule has 0 aromatic carbocycles. The number of imidazole rings is 1. The number of carbonyl (C=O) groups excluding carboxylic acids is 1. The number of hydrogen-bond acceptors (Lipinski definition) is 5. The molecule has 0 fully saturated rings. The van der Waals surface area contributed by atoms with Gasteiger partial charge in [-0.1, -0.05) is 0 Å². The number of aryl methyl sites for hydroxylation is 1. The van der Waals surface area contributed by atoms with Crippen LogP contribution in [0.15, 0.2) is 18.6 Å². The molecule has 2 aromatic heterocycles. The maximum Gasteiger partial charge on any atom is 0.305 e. The van der Waals surface area contributed by atoms with Gasteiger partial charge in [0.15, 0.2) is 10.8 Å². The highest BCUT2D eigenvalue weighted by Gasteiger charge is 2.22. The summed E-state index contributed by atoms with van der Waals surface area (Å²) in [4.78, 5) is 26.0. The summed E-state index contributed by atoms with van der Waals surface area (Å²) in [7, 11) is 0. The summed E-state index contributed by atoms with van der Waals surface area (Å²) in [6.07, 6.45) is 3.18. The molecule has 88 valence electrons. The van der Waals surface area contributed by atoms with Crippen molar-refractivity contribution in [1.29, 1.82) is 0 Å². The van der Waals surface area contributed by atoms with E-state index in [1.807, 2.05) is 0 Å². The minimum Gasteiger partial charge on any atom is -0.294 e. The lowest BCUT2D eigenvalue weighted by Crippen LogP contribution is -1.93. The minimum atomic E-state index is -0.492. The van der Waals surface area contributed by atoms with Gasteiger partial charge in [0.05, 0.1) is 15.5 Å². The van der Waals surface area contributed by atoms with Gasteiger partial charge in [-0.25, -0.2) is 4.98 Å². The van der Waals surface area contributed by atoms with Gasteiger partial charge in [-0.2, -0.15) is 0 Å². The number of Topliss-reactive ketones (excluding diaryl/α,β-unsaturated/α-hetero) is 1. The molecule has 2 heterocycles. The summed E-state index contributed by atoms with van der Waals surface area (Å²) < 4.78 is 1.56. The van der Waals surface area contributed by atoms with E-state index in [1.54, 1.807) is 17.7 Å². The predicted octanol–water partition coefficient (Wildman–Crippen LogP) is 2.35. The van der Waals surface area contributed by atoms with Gasteiger partial charge < -0.3 is 0 Å². The van der Waals surface area contributed by atoms with Crippen LogP contribution in [-0.4, -0.2) is 20.3 Å². The molecule has 0 unspecified atom stereocenters. The highest BCUT2D eigenvalue weighted by molar-refractivity contribution is 7.17. The van der Waals surface area contributed by atoms with Crippen LogP contribution in [0.5, 0.6) is 0 Å². The molecule has 0 bridgehead atoms. The average molecular weight is 251 g/mol. The Labute approximate surface area is 101 Å². The lowest BCUT2D eigenvalue weighted by atomic mass is 10.3. The van der Waals surface area contributed by atoms with Gasteiger partial charge in [-0.3, -0.25) is 19.5 Å². The van der Waals surface area contributed by atoms with E-state index in [0.717, 1.165) is 17.0 Å². The van der Waals surface area contributed by atoms with Crippen molar-refractivity contribution in [3.63, 3.8) is 0 Å². The van der Waals surface area contributed by atoms with Crippen molar-refractivity contribution in [1.82, 2.24) is 9.55 Å². The van der Waals surface area contributed by atoms with Crippen LogP contribution in [0.25, 0.3) is 5.00 Å². The van der Waals surface area contributed by atoms with E-state index in [4.69, 9.17) is 0 Å². The molecule has 0 amide bonds. The minimum absolute atomic E-state index is 0.0717. The van der Waals surface area contributed by atoms with Crippen molar-refractivity contribution in [2.45, 2.75) is 13.8 Å². The quantitative estimate of drug-likeness (QED) is 0.476. The number of ketones is 1. The number of nitro groups is 1. The Bertz CT molecular complexity index is 600. The molecular formula is C10H9N3O3S. The number of hydrogen-bond donors (Lipinski definition) is 0. The summed E-state index contributed by atoms with van der Waals surface area (Å²) in [5.41, 5.74) is 0.690. The van der Waals surface area contributed by atoms with E-state index in [2.05, 4.69) is 4.98 Å². The molecule has 6 nitrogen and oxygen atoms in total. The summed E-state index contributed by atoms with van der Waals surface area (Å²) in [6.45, 7) is 3.18. The smallest absolute Gasteiger partial charge is 0.294 e. The van der Waals surface area contributed by atoms with E-state index in [-0.39, 0.29) is 11.5 Å². The van der Waals surface area contributed by atoms with Crippen molar-refractivity contribution >= 4 is 22.8 Å². The second-order valence-corrected chi connectivity index (χ2v) is 4.57. The van der Waals surface area contributed by atoms with Crippen LogP contribution < -0.4 is 0 Å². The third-order valence-corrected chi connectivity index (χ3v) is 3.42. The van der Waals surface area contributed by atoms with E-state index in [9.17, 15) is 14.9 Å². The third kappa shape index (κ3) is 2.09. The topological polar surface area (TPSA) is 78.0 Å². The summed E-state index contributed by atoms with van der Waals surface area (Å²) in [5, 5.41) is 11.3. The van der Waals surface area contributed by atoms with Gasteiger partial charge in [0.25, 0.3) is 0 Å². The van der Waals surface area contributed by atoms with Crippen LogP contribution >= 0.6 is 11.3 Å². The van der Waals surface area contributed by atoms with Gasteiger partial charge in [0.1, 0.15) is 6.33 Å². The lowest BCUT2D eigenvalue weighted by molar-refractivity contribution is -0.384. The first-order chi connectivity index (χ1) is 7.99. The molecule has 7 heteroatoms. The molecule has 0 saturated heterocycles. The molecule has 2 rings (SSSR count). The normalized spacial score (nSPS) is 10.5. The molecular weight excluding hydrogens is 242 g/mol. The van der Waals surface area contributed by atoms with Crippen LogP contribution in [0.3, 0.4) is 0 Å². The average Bonchev–Trinajstić information content (AvgIpc) is 2.82. The molecule has 2 aromatic rings. The zero-order valence-corrected chi connectivity index (χ0v) is 10.0. The SMILES string of the molecule is CC(=O)c1cc([N+](=O)[O-])c(-n2cnc(C)c2)s1. The van der Waals surface area contributed by atoms with E-state index in [1.165, 1.54) is 19.3 Å². The van der Waals surface area contributed by atoms with Crippen LogP contribution in [0, 0.1) is 17.0 Å². The number of nitrogens with zero attached hydrogens (tertiary/aromatic N) is 3. The maximum atomic E-state index is 11.2. The van der Waals surface area contributed by atoms with Crippen molar-refractivity contribution in [2.24, 2.45) is 0 Å². The zero-order chi connectivity index (χ0) is 12.6.